The summed E-state index contributed by atoms with van der Waals surface area (Å²) in [5.74, 6) is -0.00229. The third-order valence-electron chi connectivity index (χ3n) is 4.42. The number of urea groups is 1. The van der Waals surface area contributed by atoms with Gasteiger partial charge in [-0.25, -0.2) is 4.79 Å². The molecule has 1 fully saturated rings. The highest BCUT2D eigenvalue weighted by Crippen LogP contribution is 2.26. The Bertz CT molecular complexity index is 802. The molecule has 0 unspecified atom stereocenters. The van der Waals surface area contributed by atoms with Crippen LogP contribution in [0.25, 0.3) is 0 Å². The van der Waals surface area contributed by atoms with Gasteiger partial charge in [0.1, 0.15) is 0 Å². The van der Waals surface area contributed by atoms with Crippen LogP contribution in [0.2, 0.25) is 5.02 Å². The summed E-state index contributed by atoms with van der Waals surface area (Å²) in [5, 5.41) is 9.14. The Balaban J connectivity index is 1.43. The number of benzene rings is 2. The molecule has 2 aromatic carbocycles. The van der Waals surface area contributed by atoms with Crippen LogP contribution in [-0.2, 0) is 22.6 Å². The topological polar surface area (TPSA) is 79.5 Å². The fraction of sp³-hybridized carbons (Fsp3) is 0.300. The summed E-state index contributed by atoms with van der Waals surface area (Å²) in [5.41, 5.74) is 2.19. The third-order valence-corrected chi connectivity index (χ3v) is 4.67. The molecule has 0 bridgehead atoms. The van der Waals surface area contributed by atoms with E-state index >= 15 is 0 Å². The number of carbonyl (C=O) groups is 2. The second-order valence-corrected chi connectivity index (χ2v) is 7.30. The summed E-state index contributed by atoms with van der Waals surface area (Å²) in [6.45, 7) is 3.67. The fourth-order valence-corrected chi connectivity index (χ4v) is 2.73. The molecule has 3 rings (SSSR count). The average Bonchev–Trinajstić information content (AvgIpc) is 2.65. The lowest BCUT2D eigenvalue weighted by atomic mass is 9.87. The molecule has 0 spiro atoms. The van der Waals surface area contributed by atoms with Gasteiger partial charge in [0, 0.05) is 23.8 Å². The summed E-state index contributed by atoms with van der Waals surface area (Å²) < 4.78 is 5.10. The van der Waals surface area contributed by atoms with Gasteiger partial charge in [0.15, 0.2) is 0 Å². The highest BCUT2D eigenvalue weighted by molar-refractivity contribution is 6.30. The molecule has 0 atom stereocenters. The first kappa shape index (κ1) is 19.2. The number of amides is 3. The molecule has 0 aromatic heterocycles. The second-order valence-electron chi connectivity index (χ2n) is 6.87. The van der Waals surface area contributed by atoms with Crippen molar-refractivity contribution in [2.24, 2.45) is 5.41 Å². The molecular weight excluding hydrogens is 366 g/mol. The Morgan fingerprint density at radius 3 is 2.07 bits per heavy atom. The Hall–Kier alpha value is -2.57. The van der Waals surface area contributed by atoms with Crippen LogP contribution in [0, 0.1) is 5.41 Å². The van der Waals surface area contributed by atoms with Gasteiger partial charge in [0.05, 0.1) is 18.6 Å². The van der Waals surface area contributed by atoms with Crippen LogP contribution >= 0.6 is 11.6 Å². The van der Waals surface area contributed by atoms with Crippen molar-refractivity contribution in [1.29, 1.82) is 0 Å². The van der Waals surface area contributed by atoms with Crippen molar-refractivity contribution < 1.29 is 14.3 Å². The molecule has 142 valence electrons. The normalized spacial score (nSPS) is 14.7. The van der Waals surface area contributed by atoms with Crippen LogP contribution < -0.4 is 16.0 Å². The average molecular weight is 388 g/mol. The largest absolute Gasteiger partial charge is 0.379 e. The molecule has 27 heavy (non-hydrogen) atoms. The second kappa shape index (κ2) is 8.41. The van der Waals surface area contributed by atoms with E-state index in [1.54, 1.807) is 24.3 Å². The molecule has 3 amide bonds. The van der Waals surface area contributed by atoms with Crippen LogP contribution in [0.4, 0.5) is 10.5 Å². The molecule has 0 saturated carbocycles. The lowest BCUT2D eigenvalue weighted by molar-refractivity contribution is -0.157. The monoisotopic (exact) mass is 387 g/mol. The smallest absolute Gasteiger partial charge is 0.319 e. The molecule has 6 nitrogen and oxygen atoms in total. The van der Waals surface area contributed by atoms with Gasteiger partial charge in [-0.1, -0.05) is 35.9 Å². The maximum absolute atomic E-state index is 12.1. The molecule has 1 aliphatic heterocycles. The van der Waals surface area contributed by atoms with E-state index in [4.69, 9.17) is 16.3 Å². The first-order valence-electron chi connectivity index (χ1n) is 8.69. The van der Waals surface area contributed by atoms with Gasteiger partial charge in [0.2, 0.25) is 5.91 Å². The predicted molar refractivity (Wildman–Crippen MR) is 105 cm³/mol. The Morgan fingerprint density at radius 2 is 1.52 bits per heavy atom. The van der Waals surface area contributed by atoms with E-state index in [1.807, 2.05) is 31.2 Å². The number of anilines is 1. The molecule has 3 N–H and O–H groups in total. The summed E-state index contributed by atoms with van der Waals surface area (Å²) in [4.78, 5) is 24.1. The maximum Gasteiger partial charge on any atom is 0.319 e. The third kappa shape index (κ3) is 5.21. The zero-order valence-electron chi connectivity index (χ0n) is 15.0. The summed E-state index contributed by atoms with van der Waals surface area (Å²) in [6, 6.07) is 14.4. The Morgan fingerprint density at radius 1 is 0.963 bits per heavy atom. The van der Waals surface area contributed by atoms with E-state index in [2.05, 4.69) is 16.0 Å². The van der Waals surface area contributed by atoms with Crippen LogP contribution in [0.5, 0.6) is 0 Å². The van der Waals surface area contributed by atoms with Crippen molar-refractivity contribution in [3.63, 3.8) is 0 Å². The number of halogens is 1. The number of hydrogen-bond donors (Lipinski definition) is 3. The fourth-order valence-electron chi connectivity index (χ4n) is 2.60. The van der Waals surface area contributed by atoms with E-state index in [0.29, 0.717) is 37.0 Å². The van der Waals surface area contributed by atoms with E-state index in [9.17, 15) is 9.59 Å². The number of hydrogen-bond acceptors (Lipinski definition) is 3. The standard InChI is InChI=1S/C20H22ClN3O3/c1-20(12-27-13-20)18(25)22-10-15-4-8-17(9-5-15)24-19(26)23-11-14-2-6-16(21)7-3-14/h2-9H,10-13H2,1H3,(H,22,25)(H2,23,24,26). The maximum atomic E-state index is 12.1. The summed E-state index contributed by atoms with van der Waals surface area (Å²) in [7, 11) is 0. The minimum atomic E-state index is -0.413. The number of rotatable bonds is 6. The van der Waals surface area contributed by atoms with Crippen molar-refractivity contribution in [3.05, 3.63) is 64.7 Å². The van der Waals surface area contributed by atoms with Crippen molar-refractivity contribution >= 4 is 29.2 Å². The van der Waals surface area contributed by atoms with Gasteiger partial charge >= 0.3 is 6.03 Å². The van der Waals surface area contributed by atoms with Gasteiger partial charge < -0.3 is 20.7 Å². The molecule has 1 aliphatic rings. The first-order chi connectivity index (χ1) is 12.9. The highest BCUT2D eigenvalue weighted by Gasteiger charge is 2.40. The quantitative estimate of drug-likeness (QED) is 0.711. The zero-order chi connectivity index (χ0) is 19.3. The van der Waals surface area contributed by atoms with E-state index in [-0.39, 0.29) is 11.9 Å². The Labute approximate surface area is 163 Å². The van der Waals surface area contributed by atoms with Crippen LogP contribution in [0.15, 0.2) is 48.5 Å². The van der Waals surface area contributed by atoms with Crippen molar-refractivity contribution in [2.75, 3.05) is 18.5 Å². The van der Waals surface area contributed by atoms with Gasteiger partial charge in [-0.05, 0) is 42.3 Å². The lowest BCUT2D eigenvalue weighted by Crippen LogP contribution is -2.51. The first-order valence-corrected chi connectivity index (χ1v) is 9.07. The SMILES string of the molecule is CC1(C(=O)NCc2ccc(NC(=O)NCc3ccc(Cl)cc3)cc2)COC1. The van der Waals surface area contributed by atoms with Crippen LogP contribution in [0.1, 0.15) is 18.1 Å². The molecule has 7 heteroatoms. The molecule has 0 aliphatic carbocycles. The van der Waals surface area contributed by atoms with Gasteiger partial charge in [-0.15, -0.1) is 0 Å². The van der Waals surface area contributed by atoms with E-state index in [1.165, 1.54) is 0 Å². The van der Waals surface area contributed by atoms with Crippen LogP contribution in [0.3, 0.4) is 0 Å². The number of nitrogens with one attached hydrogen (secondary N) is 3. The summed E-state index contributed by atoms with van der Waals surface area (Å²) in [6.07, 6.45) is 0. The lowest BCUT2D eigenvalue weighted by Gasteiger charge is -2.36. The predicted octanol–water partition coefficient (Wildman–Crippen LogP) is 3.31. The highest BCUT2D eigenvalue weighted by atomic mass is 35.5. The zero-order valence-corrected chi connectivity index (χ0v) is 15.8. The van der Waals surface area contributed by atoms with Crippen molar-refractivity contribution in [3.8, 4) is 0 Å². The molecule has 2 aromatic rings. The van der Waals surface area contributed by atoms with E-state index in [0.717, 1.165) is 11.1 Å². The van der Waals surface area contributed by atoms with Crippen LogP contribution in [-0.4, -0.2) is 25.2 Å². The van der Waals surface area contributed by atoms with Gasteiger partial charge in [-0.3, -0.25) is 4.79 Å². The molecule has 0 radical (unpaired) electrons. The molecular formula is C20H22ClN3O3. The van der Waals surface area contributed by atoms with Crippen molar-refractivity contribution in [1.82, 2.24) is 10.6 Å². The molecule has 1 heterocycles. The van der Waals surface area contributed by atoms with Crippen molar-refractivity contribution in [2.45, 2.75) is 20.0 Å². The number of carbonyl (C=O) groups excluding carboxylic acids is 2. The minimum absolute atomic E-state index is 0.00229. The van der Waals surface area contributed by atoms with Gasteiger partial charge in [0.25, 0.3) is 0 Å². The Kier molecular flexibility index (Phi) is 5.98. The molecule has 1 saturated heterocycles. The minimum Gasteiger partial charge on any atom is -0.379 e. The van der Waals surface area contributed by atoms with Gasteiger partial charge in [-0.2, -0.15) is 0 Å². The number of ether oxygens (including phenoxy) is 1. The summed E-state index contributed by atoms with van der Waals surface area (Å²) >= 11 is 5.84. The van der Waals surface area contributed by atoms with E-state index < -0.39 is 5.41 Å².